The number of carbonyl (C=O) groups excluding carboxylic acids is 1. The van der Waals surface area contributed by atoms with E-state index in [2.05, 4.69) is 15.3 Å². The highest BCUT2D eigenvalue weighted by Gasteiger charge is 2.22. The molecule has 1 atom stereocenters. The maximum atomic E-state index is 13.3. The Kier molecular flexibility index (Phi) is 4.71. The van der Waals surface area contributed by atoms with Crippen LogP contribution in [0.25, 0.3) is 0 Å². The molecule has 122 valence electrons. The lowest BCUT2D eigenvalue weighted by Crippen LogP contribution is -2.47. The van der Waals surface area contributed by atoms with Gasteiger partial charge >= 0.3 is 0 Å². The molecular formula is C17H21FN4O. The molecule has 0 radical (unpaired) electrons. The Balaban J connectivity index is 1.56. The monoisotopic (exact) mass is 316 g/mol. The predicted molar refractivity (Wildman–Crippen MR) is 85.4 cm³/mol. The minimum absolute atomic E-state index is 0.0873. The number of nitrogens with zero attached hydrogens (tertiary/aromatic N) is 3. The van der Waals surface area contributed by atoms with Crippen molar-refractivity contribution >= 4 is 5.91 Å². The fourth-order valence-corrected chi connectivity index (χ4v) is 3.02. The van der Waals surface area contributed by atoms with Gasteiger partial charge in [0, 0.05) is 32.4 Å². The van der Waals surface area contributed by atoms with Gasteiger partial charge in [-0.2, -0.15) is 5.10 Å². The molecule has 1 aromatic carbocycles. The van der Waals surface area contributed by atoms with Gasteiger partial charge in [-0.15, -0.1) is 0 Å². The molecule has 0 saturated carbocycles. The zero-order chi connectivity index (χ0) is 16.2. The van der Waals surface area contributed by atoms with Crippen molar-refractivity contribution in [1.82, 2.24) is 20.0 Å². The van der Waals surface area contributed by atoms with Crippen molar-refractivity contribution in [3.05, 3.63) is 53.6 Å². The number of hydrogen-bond donors (Lipinski definition) is 1. The zero-order valence-corrected chi connectivity index (χ0v) is 13.2. The molecule has 0 bridgehead atoms. The average molecular weight is 316 g/mol. The molecule has 5 nitrogen and oxygen atoms in total. The molecule has 23 heavy (non-hydrogen) atoms. The van der Waals surface area contributed by atoms with Gasteiger partial charge in [-0.25, -0.2) is 4.39 Å². The van der Waals surface area contributed by atoms with Gasteiger partial charge in [0.25, 0.3) is 5.91 Å². The van der Waals surface area contributed by atoms with Crippen LogP contribution in [0.3, 0.4) is 0 Å². The lowest BCUT2D eigenvalue weighted by atomic mass is 10.0. The smallest absolute Gasteiger partial charge is 0.254 e. The molecule has 1 aliphatic rings. The van der Waals surface area contributed by atoms with Gasteiger partial charge in [0.2, 0.25) is 0 Å². The molecular weight excluding hydrogens is 295 g/mol. The maximum Gasteiger partial charge on any atom is 0.254 e. The van der Waals surface area contributed by atoms with Crippen LogP contribution in [0.5, 0.6) is 0 Å². The summed E-state index contributed by atoms with van der Waals surface area (Å²) in [5, 5.41) is 7.09. The number of benzene rings is 1. The predicted octanol–water partition coefficient (Wildman–Crippen LogP) is 1.95. The van der Waals surface area contributed by atoms with E-state index in [1.807, 2.05) is 6.07 Å². The van der Waals surface area contributed by atoms with E-state index in [0.29, 0.717) is 12.1 Å². The van der Waals surface area contributed by atoms with Crippen LogP contribution in [0.4, 0.5) is 4.39 Å². The summed E-state index contributed by atoms with van der Waals surface area (Å²) in [6.07, 6.45) is 5.27. The molecule has 2 aromatic rings. The fraction of sp³-hybridized carbons (Fsp3) is 0.412. The SMILES string of the molecule is Cn1cc(C(=O)NC2CCCN(Cc3cccc(F)c3)C2)cn1. The highest BCUT2D eigenvalue weighted by atomic mass is 19.1. The summed E-state index contributed by atoms with van der Waals surface area (Å²) in [6, 6.07) is 6.80. The Labute approximate surface area is 135 Å². The van der Waals surface area contributed by atoms with Crippen molar-refractivity contribution in [3.8, 4) is 0 Å². The van der Waals surface area contributed by atoms with Crippen molar-refractivity contribution in [2.24, 2.45) is 7.05 Å². The van der Waals surface area contributed by atoms with Crippen molar-refractivity contribution in [2.75, 3.05) is 13.1 Å². The summed E-state index contributed by atoms with van der Waals surface area (Å²) < 4.78 is 14.9. The number of likely N-dealkylation sites (tertiary alicyclic amines) is 1. The number of aryl methyl sites for hydroxylation is 1. The van der Waals surface area contributed by atoms with E-state index in [0.717, 1.165) is 31.5 Å². The number of piperidine rings is 1. The summed E-state index contributed by atoms with van der Waals surface area (Å²) in [7, 11) is 1.79. The summed E-state index contributed by atoms with van der Waals surface area (Å²) in [5.41, 5.74) is 1.54. The van der Waals surface area contributed by atoms with Gasteiger partial charge in [0.05, 0.1) is 11.8 Å². The van der Waals surface area contributed by atoms with Crippen LogP contribution in [0, 0.1) is 5.82 Å². The Bertz CT molecular complexity index is 685. The van der Waals surface area contributed by atoms with Gasteiger partial charge < -0.3 is 5.32 Å². The average Bonchev–Trinajstić information content (AvgIpc) is 2.94. The van der Waals surface area contributed by atoms with E-state index in [-0.39, 0.29) is 17.8 Å². The van der Waals surface area contributed by atoms with Crippen LogP contribution < -0.4 is 5.32 Å². The summed E-state index contributed by atoms with van der Waals surface area (Å²) in [4.78, 5) is 14.5. The number of amides is 1. The molecule has 1 saturated heterocycles. The van der Waals surface area contributed by atoms with Crippen LogP contribution in [0.1, 0.15) is 28.8 Å². The molecule has 1 amide bonds. The van der Waals surface area contributed by atoms with Gasteiger partial charge in [0.15, 0.2) is 0 Å². The Hall–Kier alpha value is -2.21. The van der Waals surface area contributed by atoms with E-state index < -0.39 is 0 Å². The standard InChI is InChI=1S/C17H21FN4O/c1-21-11-14(9-19-21)17(23)20-16-6-3-7-22(12-16)10-13-4-2-5-15(18)8-13/h2,4-5,8-9,11,16H,3,6-7,10,12H2,1H3,(H,20,23). The van der Waals surface area contributed by atoms with Crippen LogP contribution in [-0.2, 0) is 13.6 Å². The molecule has 1 unspecified atom stereocenters. The number of nitrogens with one attached hydrogen (secondary N) is 1. The van der Waals surface area contributed by atoms with E-state index >= 15 is 0 Å². The first kappa shape index (κ1) is 15.7. The maximum absolute atomic E-state index is 13.3. The van der Waals surface area contributed by atoms with Crippen molar-refractivity contribution in [1.29, 1.82) is 0 Å². The minimum Gasteiger partial charge on any atom is -0.348 e. The number of aromatic nitrogens is 2. The quantitative estimate of drug-likeness (QED) is 0.938. The Morgan fingerprint density at radius 3 is 3.09 bits per heavy atom. The minimum atomic E-state index is -0.207. The normalized spacial score (nSPS) is 18.8. The second-order valence-electron chi connectivity index (χ2n) is 6.08. The molecule has 0 aliphatic carbocycles. The first-order chi connectivity index (χ1) is 11.1. The van der Waals surface area contributed by atoms with Gasteiger partial charge in [-0.3, -0.25) is 14.4 Å². The van der Waals surface area contributed by atoms with Gasteiger partial charge in [-0.1, -0.05) is 12.1 Å². The molecule has 1 N–H and O–H groups in total. The highest BCUT2D eigenvalue weighted by Crippen LogP contribution is 2.15. The van der Waals surface area contributed by atoms with Crippen molar-refractivity contribution in [3.63, 3.8) is 0 Å². The van der Waals surface area contributed by atoms with Crippen LogP contribution in [0.2, 0.25) is 0 Å². The van der Waals surface area contributed by atoms with Crippen molar-refractivity contribution in [2.45, 2.75) is 25.4 Å². The van der Waals surface area contributed by atoms with Gasteiger partial charge in [-0.05, 0) is 37.1 Å². The highest BCUT2D eigenvalue weighted by molar-refractivity contribution is 5.93. The number of rotatable bonds is 4. The van der Waals surface area contributed by atoms with E-state index in [4.69, 9.17) is 0 Å². The van der Waals surface area contributed by atoms with E-state index in [9.17, 15) is 9.18 Å². The molecule has 1 fully saturated rings. The molecule has 2 heterocycles. The number of carbonyl (C=O) groups is 1. The summed E-state index contributed by atoms with van der Waals surface area (Å²) in [5.74, 6) is -0.295. The Morgan fingerprint density at radius 2 is 2.35 bits per heavy atom. The first-order valence-corrected chi connectivity index (χ1v) is 7.86. The van der Waals surface area contributed by atoms with E-state index in [1.54, 1.807) is 36.3 Å². The van der Waals surface area contributed by atoms with Crippen LogP contribution in [-0.4, -0.2) is 39.7 Å². The third-order valence-corrected chi connectivity index (χ3v) is 4.10. The van der Waals surface area contributed by atoms with Gasteiger partial charge in [0.1, 0.15) is 5.82 Å². The van der Waals surface area contributed by atoms with E-state index in [1.165, 1.54) is 6.07 Å². The molecule has 6 heteroatoms. The second-order valence-corrected chi connectivity index (χ2v) is 6.08. The number of hydrogen-bond acceptors (Lipinski definition) is 3. The fourth-order valence-electron chi connectivity index (χ4n) is 3.02. The molecule has 1 aliphatic heterocycles. The first-order valence-electron chi connectivity index (χ1n) is 7.86. The topological polar surface area (TPSA) is 50.2 Å². The lowest BCUT2D eigenvalue weighted by molar-refractivity contribution is 0.0900. The summed E-state index contributed by atoms with van der Waals surface area (Å²) >= 11 is 0. The molecule has 1 aromatic heterocycles. The summed E-state index contributed by atoms with van der Waals surface area (Å²) in [6.45, 7) is 2.45. The molecule has 3 rings (SSSR count). The zero-order valence-electron chi connectivity index (χ0n) is 13.2. The Morgan fingerprint density at radius 1 is 1.48 bits per heavy atom. The van der Waals surface area contributed by atoms with Crippen molar-refractivity contribution < 1.29 is 9.18 Å². The molecule has 0 spiro atoms. The van der Waals surface area contributed by atoms with Crippen LogP contribution in [0.15, 0.2) is 36.7 Å². The lowest BCUT2D eigenvalue weighted by Gasteiger charge is -2.33. The largest absolute Gasteiger partial charge is 0.348 e. The van der Waals surface area contributed by atoms with Crippen LogP contribution >= 0.6 is 0 Å². The second kappa shape index (κ2) is 6.91. The third kappa shape index (κ3) is 4.16. The third-order valence-electron chi connectivity index (χ3n) is 4.10. The number of halogens is 1.